The standard InChI is InChI=1S/C19H22OSi/c1-3-10-18(11-4-1)20-14-9-17-21(15-7-8-16-21)19-12-5-2-6-13-19/h1-8,10-13H,9,14-17H2. The SMILES string of the molecule is C1=CC[Si](CCCOc2ccccc2)(c2ccccc2)C1. The second-order valence-corrected chi connectivity index (χ2v) is 10.2. The van der Waals surface area contributed by atoms with E-state index in [1.54, 1.807) is 5.19 Å². The fourth-order valence-corrected chi connectivity index (χ4v) is 7.49. The third-order valence-electron chi connectivity index (χ3n) is 4.38. The lowest BCUT2D eigenvalue weighted by Crippen LogP contribution is -2.45. The van der Waals surface area contributed by atoms with Crippen LogP contribution >= 0.6 is 0 Å². The van der Waals surface area contributed by atoms with E-state index in [9.17, 15) is 0 Å². The highest BCUT2D eigenvalue weighted by molar-refractivity contribution is 6.93. The van der Waals surface area contributed by atoms with Crippen molar-refractivity contribution in [2.24, 2.45) is 0 Å². The second-order valence-electron chi connectivity index (χ2n) is 5.79. The number of hydrogen-bond acceptors (Lipinski definition) is 1. The minimum Gasteiger partial charge on any atom is -0.494 e. The normalized spacial score (nSPS) is 16.0. The predicted octanol–water partition coefficient (Wildman–Crippen LogP) is 4.38. The van der Waals surface area contributed by atoms with Gasteiger partial charge in [-0.2, -0.15) is 0 Å². The van der Waals surface area contributed by atoms with E-state index in [2.05, 4.69) is 42.5 Å². The molecule has 0 spiro atoms. The van der Waals surface area contributed by atoms with Crippen LogP contribution in [0.15, 0.2) is 72.8 Å². The first-order chi connectivity index (χ1) is 10.4. The largest absolute Gasteiger partial charge is 0.494 e. The highest BCUT2D eigenvalue weighted by Crippen LogP contribution is 2.29. The number of para-hydroxylation sites is 1. The zero-order valence-corrected chi connectivity index (χ0v) is 13.4. The Bertz CT molecular complexity index is 569. The van der Waals surface area contributed by atoms with Crippen molar-refractivity contribution in [1.82, 2.24) is 0 Å². The van der Waals surface area contributed by atoms with Crippen LogP contribution in [0.25, 0.3) is 0 Å². The van der Waals surface area contributed by atoms with Crippen LogP contribution in [0.4, 0.5) is 0 Å². The smallest absolute Gasteiger partial charge is 0.119 e. The van der Waals surface area contributed by atoms with Gasteiger partial charge in [0.25, 0.3) is 0 Å². The zero-order valence-electron chi connectivity index (χ0n) is 12.4. The molecule has 108 valence electrons. The first kappa shape index (κ1) is 14.1. The third-order valence-corrected chi connectivity index (χ3v) is 9.28. The summed E-state index contributed by atoms with van der Waals surface area (Å²) in [6.07, 6.45) is 5.92. The summed E-state index contributed by atoms with van der Waals surface area (Å²) < 4.78 is 5.85. The molecule has 0 aromatic heterocycles. The van der Waals surface area contributed by atoms with Crippen molar-refractivity contribution in [3.05, 3.63) is 72.8 Å². The molecule has 0 saturated carbocycles. The van der Waals surface area contributed by atoms with Crippen molar-refractivity contribution in [2.75, 3.05) is 6.61 Å². The number of allylic oxidation sites excluding steroid dienone is 2. The Morgan fingerprint density at radius 2 is 1.43 bits per heavy atom. The van der Waals surface area contributed by atoms with Crippen molar-refractivity contribution in [1.29, 1.82) is 0 Å². The van der Waals surface area contributed by atoms with Gasteiger partial charge in [0.1, 0.15) is 5.75 Å². The molecule has 0 bridgehead atoms. The quantitative estimate of drug-likeness (QED) is 0.436. The average molecular weight is 294 g/mol. The van der Waals surface area contributed by atoms with Crippen LogP contribution in [-0.2, 0) is 0 Å². The molecule has 21 heavy (non-hydrogen) atoms. The van der Waals surface area contributed by atoms with Gasteiger partial charge in [-0.3, -0.25) is 0 Å². The Morgan fingerprint density at radius 3 is 2.10 bits per heavy atom. The fourth-order valence-electron chi connectivity index (χ4n) is 3.19. The summed E-state index contributed by atoms with van der Waals surface area (Å²) in [6, 6.07) is 25.2. The van der Waals surface area contributed by atoms with Gasteiger partial charge in [-0.25, -0.2) is 0 Å². The fraction of sp³-hybridized carbons (Fsp3) is 0.263. The highest BCUT2D eigenvalue weighted by Gasteiger charge is 2.34. The lowest BCUT2D eigenvalue weighted by atomic mass is 10.3. The number of rotatable bonds is 6. The number of ether oxygens (including phenoxy) is 1. The topological polar surface area (TPSA) is 9.23 Å². The van der Waals surface area contributed by atoms with E-state index in [1.807, 2.05) is 30.3 Å². The Balaban J connectivity index is 1.57. The summed E-state index contributed by atoms with van der Waals surface area (Å²) in [6.45, 7) is 0.825. The van der Waals surface area contributed by atoms with Crippen molar-refractivity contribution < 1.29 is 4.74 Å². The van der Waals surface area contributed by atoms with Crippen LogP contribution in [0.3, 0.4) is 0 Å². The molecule has 3 rings (SSSR count). The van der Waals surface area contributed by atoms with Gasteiger partial charge in [-0.15, -0.1) is 0 Å². The maximum atomic E-state index is 5.85. The molecule has 0 N–H and O–H groups in total. The van der Waals surface area contributed by atoms with Crippen molar-refractivity contribution in [2.45, 2.75) is 24.6 Å². The molecule has 1 aliphatic heterocycles. The molecular formula is C19H22OSi. The lowest BCUT2D eigenvalue weighted by Gasteiger charge is -2.27. The molecule has 2 heteroatoms. The Morgan fingerprint density at radius 1 is 0.810 bits per heavy atom. The zero-order chi connectivity index (χ0) is 14.4. The first-order valence-corrected chi connectivity index (χ1v) is 10.4. The van der Waals surface area contributed by atoms with Gasteiger partial charge < -0.3 is 4.74 Å². The van der Waals surface area contributed by atoms with Crippen LogP contribution in [-0.4, -0.2) is 14.7 Å². The Hall–Kier alpha value is -1.80. The van der Waals surface area contributed by atoms with Crippen LogP contribution in [0.1, 0.15) is 6.42 Å². The molecule has 0 unspecified atom stereocenters. The van der Waals surface area contributed by atoms with E-state index < -0.39 is 8.07 Å². The summed E-state index contributed by atoms with van der Waals surface area (Å²) in [7, 11) is -1.34. The molecule has 2 aromatic rings. The molecular weight excluding hydrogens is 272 g/mol. The second kappa shape index (κ2) is 6.77. The molecule has 0 fully saturated rings. The van der Waals surface area contributed by atoms with E-state index in [-0.39, 0.29) is 0 Å². The molecule has 2 aromatic carbocycles. The first-order valence-electron chi connectivity index (χ1n) is 7.77. The summed E-state index contributed by atoms with van der Waals surface area (Å²) in [4.78, 5) is 0. The molecule has 0 aliphatic carbocycles. The molecule has 1 heterocycles. The minimum atomic E-state index is -1.34. The van der Waals surface area contributed by atoms with Crippen molar-refractivity contribution >= 4 is 13.3 Å². The highest BCUT2D eigenvalue weighted by atomic mass is 28.3. The van der Waals surface area contributed by atoms with Crippen molar-refractivity contribution in [3.8, 4) is 5.75 Å². The Kier molecular flexibility index (Phi) is 4.56. The molecule has 1 aliphatic rings. The predicted molar refractivity (Wildman–Crippen MR) is 91.9 cm³/mol. The average Bonchev–Trinajstić information content (AvgIpc) is 3.04. The van der Waals surface area contributed by atoms with Gasteiger partial charge in [-0.05, 0) is 36.7 Å². The van der Waals surface area contributed by atoms with Crippen LogP contribution < -0.4 is 9.92 Å². The van der Waals surface area contributed by atoms with Gasteiger partial charge in [-0.1, -0.05) is 65.9 Å². The maximum Gasteiger partial charge on any atom is 0.119 e. The molecule has 0 saturated heterocycles. The van der Waals surface area contributed by atoms with E-state index >= 15 is 0 Å². The minimum absolute atomic E-state index is 0.825. The van der Waals surface area contributed by atoms with E-state index in [4.69, 9.17) is 4.74 Å². The van der Waals surface area contributed by atoms with Gasteiger partial charge in [0.05, 0.1) is 14.7 Å². The van der Waals surface area contributed by atoms with E-state index in [1.165, 1.54) is 18.1 Å². The van der Waals surface area contributed by atoms with E-state index in [0.717, 1.165) is 18.8 Å². The van der Waals surface area contributed by atoms with Crippen molar-refractivity contribution in [3.63, 3.8) is 0 Å². The third kappa shape index (κ3) is 3.45. The summed E-state index contributed by atoms with van der Waals surface area (Å²) >= 11 is 0. The van der Waals surface area contributed by atoms with Gasteiger partial charge in [0.2, 0.25) is 0 Å². The number of hydrogen-bond donors (Lipinski definition) is 0. The maximum absolute atomic E-state index is 5.85. The van der Waals surface area contributed by atoms with Crippen LogP contribution in [0.2, 0.25) is 18.1 Å². The molecule has 1 nitrogen and oxygen atoms in total. The molecule has 0 amide bonds. The van der Waals surface area contributed by atoms with Crippen LogP contribution in [0.5, 0.6) is 5.75 Å². The van der Waals surface area contributed by atoms with Crippen LogP contribution in [0, 0.1) is 0 Å². The summed E-state index contributed by atoms with van der Waals surface area (Å²) in [5.41, 5.74) is 0. The molecule has 0 atom stereocenters. The van der Waals surface area contributed by atoms with Gasteiger partial charge in [0, 0.05) is 0 Å². The van der Waals surface area contributed by atoms with Gasteiger partial charge in [0.15, 0.2) is 0 Å². The Labute approximate surface area is 128 Å². The number of benzene rings is 2. The van der Waals surface area contributed by atoms with Gasteiger partial charge >= 0.3 is 0 Å². The molecule has 0 radical (unpaired) electrons. The van der Waals surface area contributed by atoms with E-state index in [0.29, 0.717) is 0 Å². The lowest BCUT2D eigenvalue weighted by molar-refractivity contribution is 0.317. The monoisotopic (exact) mass is 294 g/mol. The summed E-state index contributed by atoms with van der Waals surface area (Å²) in [5, 5.41) is 1.61. The summed E-state index contributed by atoms with van der Waals surface area (Å²) in [5.74, 6) is 0.984.